The minimum absolute atomic E-state index is 0. The summed E-state index contributed by atoms with van der Waals surface area (Å²) in [5.74, 6) is -0.621. The average molecular weight is 614 g/mol. The van der Waals surface area contributed by atoms with Crippen LogP contribution < -0.4 is 0 Å². The second-order valence-corrected chi connectivity index (χ2v) is 14.1. The summed E-state index contributed by atoms with van der Waals surface area (Å²) in [5, 5.41) is 36.8. The molecule has 2 aromatic carbocycles. The second-order valence-electron chi connectivity index (χ2n) is 14.1. The average Bonchev–Trinajstić information content (AvgIpc) is 2.78. The molecule has 4 N–H and O–H groups in total. The van der Waals surface area contributed by atoms with Gasteiger partial charge in [-0.05, 0) is 60.3 Å². The number of hydrogen-bond acceptors (Lipinski definition) is 6. The van der Waals surface area contributed by atoms with Gasteiger partial charge in [-0.25, -0.2) is 4.79 Å². The summed E-state index contributed by atoms with van der Waals surface area (Å²) in [7, 11) is 0. The first-order valence-corrected chi connectivity index (χ1v) is 13.6. The van der Waals surface area contributed by atoms with E-state index in [2.05, 4.69) is 73.4 Å². The molecule has 7 nitrogen and oxygen atoms in total. The molecule has 0 unspecified atom stereocenters. The third-order valence-electron chi connectivity index (χ3n) is 6.30. The summed E-state index contributed by atoms with van der Waals surface area (Å²) in [6, 6.07) is 8.13. The fourth-order valence-corrected chi connectivity index (χ4v) is 3.89. The maximum absolute atomic E-state index is 11.0. The zero-order valence-corrected chi connectivity index (χ0v) is 27.8. The number of hydrogen-bond donors (Lipinski definition) is 4. The Bertz CT molecular complexity index is 1240. The van der Waals surface area contributed by atoms with E-state index in [0.29, 0.717) is 6.54 Å². The van der Waals surface area contributed by atoms with Crippen LogP contribution >= 0.6 is 0 Å². The summed E-state index contributed by atoms with van der Waals surface area (Å²) in [4.78, 5) is 18.5. The molecule has 0 aliphatic heterocycles. The van der Waals surface area contributed by atoms with Crippen molar-refractivity contribution < 1.29 is 42.0 Å². The molecule has 0 aromatic heterocycles. The molecule has 41 heavy (non-hydrogen) atoms. The first-order chi connectivity index (χ1) is 18.0. The topological polar surface area (TPSA) is 123 Å². The van der Waals surface area contributed by atoms with Gasteiger partial charge >= 0.3 is 5.97 Å². The number of phenolic OH excluding ortho intramolecular Hbond substituents is 2. The molecule has 0 bridgehead atoms. The molecule has 0 atom stereocenters. The van der Waals surface area contributed by atoms with Crippen LogP contribution in [0.15, 0.2) is 34.3 Å². The number of aliphatic carboxylic acids is 1. The molecular weight excluding hydrogens is 563 g/mol. The SMILES string of the molecule is Cc1cc(C=NCC(C)(C)N=Cc2cc(C(C)(C)C)cc(C(C)(C)C)c2O)c(O)c(C(C)(C)C)c1.O=C(O)CO.[Co]. The van der Waals surface area contributed by atoms with Gasteiger partial charge in [0.1, 0.15) is 18.1 Å². The van der Waals surface area contributed by atoms with Crippen LogP contribution in [0.1, 0.15) is 110 Å². The standard InChI is InChI=1S/C31H46N2O2.C2H4O3.Co/c1-20-13-21(26(34)24(14-20)29(5,6)7)17-32-19-31(11,12)33-18-22-15-23(28(2,3)4)16-25(27(22)35)30(8,9)10;3-1-2(4)5;/h13-18,34-35H,19H2,1-12H3;3H,1H2,(H,4,5);. The van der Waals surface area contributed by atoms with Crippen molar-refractivity contribution in [2.45, 2.75) is 105 Å². The van der Waals surface area contributed by atoms with Crippen LogP contribution in [0.25, 0.3) is 0 Å². The Hall–Kier alpha value is -2.68. The number of carboxylic acids is 1. The summed E-state index contributed by atoms with van der Waals surface area (Å²) >= 11 is 0. The Balaban J connectivity index is 0.00000244. The van der Waals surface area contributed by atoms with Crippen molar-refractivity contribution in [3.05, 3.63) is 57.6 Å². The van der Waals surface area contributed by atoms with Crippen LogP contribution in [-0.2, 0) is 37.8 Å². The number of aromatic hydroxyl groups is 2. The zero-order chi connectivity index (χ0) is 31.3. The number of carbonyl (C=O) groups is 1. The van der Waals surface area contributed by atoms with E-state index in [1.165, 1.54) is 5.56 Å². The van der Waals surface area contributed by atoms with Crippen molar-refractivity contribution in [3.8, 4) is 11.5 Å². The van der Waals surface area contributed by atoms with Crippen molar-refractivity contribution in [2.24, 2.45) is 9.98 Å². The molecule has 231 valence electrons. The minimum atomic E-state index is -1.19. The van der Waals surface area contributed by atoms with E-state index in [4.69, 9.17) is 20.0 Å². The number of aryl methyl sites for hydroxylation is 1. The van der Waals surface area contributed by atoms with Crippen molar-refractivity contribution in [1.29, 1.82) is 0 Å². The van der Waals surface area contributed by atoms with Gasteiger partial charge in [0.15, 0.2) is 0 Å². The van der Waals surface area contributed by atoms with Gasteiger partial charge in [0, 0.05) is 51.5 Å². The molecule has 0 saturated carbocycles. The molecule has 8 heteroatoms. The number of phenols is 2. The Morgan fingerprint density at radius 1 is 0.756 bits per heavy atom. The van der Waals surface area contributed by atoms with Crippen molar-refractivity contribution in [3.63, 3.8) is 0 Å². The molecule has 0 aliphatic rings. The van der Waals surface area contributed by atoms with Crippen molar-refractivity contribution >= 4 is 18.4 Å². The molecule has 0 fully saturated rings. The quantitative estimate of drug-likeness (QED) is 0.271. The van der Waals surface area contributed by atoms with E-state index in [9.17, 15) is 10.2 Å². The van der Waals surface area contributed by atoms with Crippen LogP contribution in [-0.4, -0.2) is 57.5 Å². The molecule has 2 aromatic rings. The van der Waals surface area contributed by atoms with Crippen LogP contribution in [0.3, 0.4) is 0 Å². The predicted octanol–water partition coefficient (Wildman–Crippen LogP) is 6.68. The van der Waals surface area contributed by atoms with Gasteiger partial charge in [-0.15, -0.1) is 0 Å². The molecule has 0 aliphatic carbocycles. The number of benzene rings is 2. The van der Waals surface area contributed by atoms with Gasteiger partial charge in [0.05, 0.1) is 12.1 Å². The van der Waals surface area contributed by atoms with E-state index in [1.54, 1.807) is 12.4 Å². The zero-order valence-electron chi connectivity index (χ0n) is 26.8. The first kappa shape index (κ1) is 38.3. The van der Waals surface area contributed by atoms with Crippen LogP contribution in [0, 0.1) is 6.92 Å². The molecule has 0 spiro atoms. The third kappa shape index (κ3) is 12.0. The minimum Gasteiger partial charge on any atom is -0.507 e. The van der Waals surface area contributed by atoms with E-state index in [0.717, 1.165) is 27.8 Å². The fraction of sp³-hybridized carbons (Fsp3) is 0.545. The van der Waals surface area contributed by atoms with E-state index in [1.807, 2.05) is 39.0 Å². The summed E-state index contributed by atoms with van der Waals surface area (Å²) in [6.07, 6.45) is 3.52. The summed E-state index contributed by atoms with van der Waals surface area (Å²) < 4.78 is 0. The number of aliphatic imine (C=N–C) groups is 2. The second kappa shape index (κ2) is 14.5. The van der Waals surface area contributed by atoms with Gasteiger partial charge in [0.2, 0.25) is 0 Å². The molecule has 0 saturated heterocycles. The summed E-state index contributed by atoms with van der Waals surface area (Å²) in [6.45, 7) is 24.9. The van der Waals surface area contributed by atoms with Crippen molar-refractivity contribution in [1.82, 2.24) is 0 Å². The van der Waals surface area contributed by atoms with Crippen molar-refractivity contribution in [2.75, 3.05) is 13.2 Å². The Morgan fingerprint density at radius 2 is 1.20 bits per heavy atom. The molecule has 0 heterocycles. The number of aliphatic hydroxyl groups is 1. The van der Waals surface area contributed by atoms with E-state index >= 15 is 0 Å². The van der Waals surface area contributed by atoms with Gasteiger partial charge in [0.25, 0.3) is 0 Å². The van der Waals surface area contributed by atoms with Crippen LogP contribution in [0.5, 0.6) is 11.5 Å². The van der Waals surface area contributed by atoms with E-state index in [-0.39, 0.29) is 44.5 Å². The van der Waals surface area contributed by atoms with Gasteiger partial charge in [-0.1, -0.05) is 74.4 Å². The van der Waals surface area contributed by atoms with Crippen LogP contribution in [0.4, 0.5) is 0 Å². The summed E-state index contributed by atoms with van der Waals surface area (Å²) in [5.41, 5.74) is 4.69. The Kier molecular flexibility index (Phi) is 13.5. The maximum atomic E-state index is 11.0. The van der Waals surface area contributed by atoms with Gasteiger partial charge in [-0.3, -0.25) is 9.98 Å². The largest absolute Gasteiger partial charge is 0.507 e. The van der Waals surface area contributed by atoms with E-state index < -0.39 is 18.1 Å². The molecular formula is C33H50CoN2O5. The Labute approximate surface area is 257 Å². The maximum Gasteiger partial charge on any atom is 0.329 e. The fourth-order valence-electron chi connectivity index (χ4n) is 3.89. The molecule has 2 rings (SSSR count). The third-order valence-corrected chi connectivity index (χ3v) is 6.30. The smallest absolute Gasteiger partial charge is 0.329 e. The molecule has 0 amide bonds. The predicted molar refractivity (Wildman–Crippen MR) is 166 cm³/mol. The monoisotopic (exact) mass is 613 g/mol. The number of aliphatic hydroxyl groups excluding tert-OH is 1. The number of nitrogens with zero attached hydrogens (tertiary/aromatic N) is 2. The Morgan fingerprint density at radius 3 is 1.61 bits per heavy atom. The number of rotatable bonds is 6. The first-order valence-electron chi connectivity index (χ1n) is 13.6. The van der Waals surface area contributed by atoms with Gasteiger partial charge in [-0.2, -0.15) is 0 Å². The number of carboxylic acid groups (broad SMARTS) is 1. The molecule has 1 radical (unpaired) electrons. The van der Waals surface area contributed by atoms with Crippen LogP contribution in [0.2, 0.25) is 0 Å². The van der Waals surface area contributed by atoms with Gasteiger partial charge < -0.3 is 20.4 Å². The normalized spacial score (nSPS) is 12.7.